The van der Waals surface area contributed by atoms with E-state index >= 15 is 0 Å². The lowest BCUT2D eigenvalue weighted by molar-refractivity contribution is 0.0614. The van der Waals surface area contributed by atoms with Crippen LogP contribution in [0.25, 0.3) is 0 Å². The third-order valence-electron chi connectivity index (χ3n) is 3.19. The molecule has 0 amide bonds. The van der Waals surface area contributed by atoms with Gasteiger partial charge in [0.2, 0.25) is 0 Å². The molecule has 0 unspecified atom stereocenters. The molecule has 0 aromatic carbocycles. The Hall–Kier alpha value is -0.750. The monoisotopic (exact) mass is 290 g/mol. The van der Waals surface area contributed by atoms with Gasteiger partial charge in [-0.15, -0.1) is 0 Å². The number of rotatable bonds is 4. The topological polar surface area (TPSA) is 83.2 Å². The minimum Gasteiger partial charge on any atom is -0.388 e. The zero-order valence-corrected chi connectivity index (χ0v) is 11.4. The van der Waals surface area contributed by atoms with Gasteiger partial charge in [0.1, 0.15) is 5.82 Å². The van der Waals surface area contributed by atoms with Gasteiger partial charge in [-0.2, -0.15) is 0 Å². The highest BCUT2D eigenvalue weighted by Gasteiger charge is 2.31. The zero-order valence-electron chi connectivity index (χ0n) is 9.84. The van der Waals surface area contributed by atoms with Crippen molar-refractivity contribution in [3.05, 3.63) is 16.1 Å². The van der Waals surface area contributed by atoms with E-state index in [2.05, 4.69) is 15.7 Å². The highest BCUT2D eigenvalue weighted by Crippen LogP contribution is 2.32. The Balaban J connectivity index is 2.09. The molecule has 1 fully saturated rings. The van der Waals surface area contributed by atoms with Crippen molar-refractivity contribution in [2.45, 2.75) is 31.3 Å². The normalized spacial score (nSPS) is 17.8. The number of aromatic nitrogens is 1. The van der Waals surface area contributed by atoms with E-state index in [1.165, 1.54) is 0 Å². The first-order chi connectivity index (χ1) is 8.54. The number of nitrogens with zero attached hydrogens (tertiary/aromatic N) is 1. The fraction of sp³-hybridized carbons (Fsp3) is 0.545. The van der Waals surface area contributed by atoms with Crippen molar-refractivity contribution in [3.8, 4) is 0 Å². The molecule has 0 atom stereocenters. The van der Waals surface area contributed by atoms with Gasteiger partial charge in [0.15, 0.2) is 5.82 Å². The van der Waals surface area contributed by atoms with Gasteiger partial charge in [0.25, 0.3) is 0 Å². The van der Waals surface area contributed by atoms with Crippen LogP contribution in [-0.2, 0) is 0 Å². The van der Waals surface area contributed by atoms with Gasteiger partial charge in [0.05, 0.1) is 15.6 Å². The van der Waals surface area contributed by atoms with E-state index in [9.17, 15) is 5.11 Å². The van der Waals surface area contributed by atoms with Crippen LogP contribution in [0.4, 0.5) is 11.6 Å². The summed E-state index contributed by atoms with van der Waals surface area (Å²) >= 11 is 11.9. The summed E-state index contributed by atoms with van der Waals surface area (Å²) in [6.45, 7) is 0.422. The summed E-state index contributed by atoms with van der Waals surface area (Å²) < 4.78 is 0. The molecule has 7 heteroatoms. The fourth-order valence-corrected chi connectivity index (χ4v) is 2.63. The highest BCUT2D eigenvalue weighted by molar-refractivity contribution is 6.37. The third-order valence-corrected chi connectivity index (χ3v) is 3.76. The second-order valence-electron chi connectivity index (χ2n) is 4.58. The van der Waals surface area contributed by atoms with Crippen LogP contribution in [0, 0.1) is 0 Å². The van der Waals surface area contributed by atoms with Crippen LogP contribution in [-0.4, -0.2) is 22.2 Å². The van der Waals surface area contributed by atoms with Gasteiger partial charge in [-0.1, -0.05) is 36.0 Å². The summed E-state index contributed by atoms with van der Waals surface area (Å²) in [5.74, 6) is 6.11. The number of aliphatic hydroxyl groups is 1. The molecular weight excluding hydrogens is 275 g/mol. The molecule has 0 saturated heterocycles. The number of anilines is 2. The summed E-state index contributed by atoms with van der Waals surface area (Å²) in [6.07, 6.45) is 3.70. The lowest BCUT2D eigenvalue weighted by Crippen LogP contribution is -2.33. The number of nitrogen functional groups attached to an aromatic ring is 1. The van der Waals surface area contributed by atoms with E-state index in [0.29, 0.717) is 28.2 Å². The Morgan fingerprint density at radius 2 is 1.89 bits per heavy atom. The lowest BCUT2D eigenvalue weighted by atomic mass is 10.0. The molecule has 1 aliphatic carbocycles. The van der Waals surface area contributed by atoms with Gasteiger partial charge in [-0.05, 0) is 18.9 Å². The van der Waals surface area contributed by atoms with Crippen LogP contribution >= 0.6 is 23.2 Å². The Morgan fingerprint density at radius 3 is 2.50 bits per heavy atom. The first kappa shape index (κ1) is 13.7. The van der Waals surface area contributed by atoms with Crippen molar-refractivity contribution in [3.63, 3.8) is 0 Å². The van der Waals surface area contributed by atoms with E-state index in [-0.39, 0.29) is 0 Å². The summed E-state index contributed by atoms with van der Waals surface area (Å²) in [6, 6.07) is 1.56. The average Bonchev–Trinajstić information content (AvgIpc) is 2.76. The van der Waals surface area contributed by atoms with Gasteiger partial charge in [0, 0.05) is 6.54 Å². The number of nitrogens with one attached hydrogen (secondary N) is 2. The Morgan fingerprint density at radius 1 is 1.28 bits per heavy atom. The van der Waals surface area contributed by atoms with E-state index in [1.807, 2.05) is 0 Å². The Bertz CT molecular complexity index is 435. The number of hydrogen-bond donors (Lipinski definition) is 4. The Kier molecular flexibility index (Phi) is 4.17. The maximum atomic E-state index is 10.2. The summed E-state index contributed by atoms with van der Waals surface area (Å²) in [5, 5.41) is 14.0. The standard InChI is InChI=1S/C11H16Cl2N4O/c12-7-5-8(13)10(17-14)16-9(7)15-6-11(18)3-1-2-4-11/h5,18H,1-4,6,14H2,(H2,15,16,17). The van der Waals surface area contributed by atoms with Gasteiger partial charge >= 0.3 is 0 Å². The fourth-order valence-electron chi connectivity index (χ4n) is 2.15. The number of nitrogens with two attached hydrogens (primary N) is 1. The van der Waals surface area contributed by atoms with E-state index in [4.69, 9.17) is 29.0 Å². The van der Waals surface area contributed by atoms with Gasteiger partial charge in [-0.3, -0.25) is 0 Å². The molecule has 5 nitrogen and oxygen atoms in total. The van der Waals surface area contributed by atoms with Crippen molar-refractivity contribution in [1.29, 1.82) is 0 Å². The molecule has 18 heavy (non-hydrogen) atoms. The molecule has 0 aliphatic heterocycles. The largest absolute Gasteiger partial charge is 0.388 e. The molecule has 1 saturated carbocycles. The van der Waals surface area contributed by atoms with Crippen molar-refractivity contribution in [1.82, 2.24) is 4.98 Å². The second kappa shape index (κ2) is 5.48. The van der Waals surface area contributed by atoms with Crippen molar-refractivity contribution in [2.24, 2.45) is 5.84 Å². The first-order valence-corrected chi connectivity index (χ1v) is 6.58. The molecule has 1 aromatic rings. The molecule has 2 rings (SSSR count). The average molecular weight is 291 g/mol. The van der Waals surface area contributed by atoms with Crippen molar-refractivity contribution >= 4 is 34.8 Å². The number of hydrazine groups is 1. The SMILES string of the molecule is NNc1nc(NCC2(O)CCCC2)c(Cl)cc1Cl. The summed E-state index contributed by atoms with van der Waals surface area (Å²) in [7, 11) is 0. The minimum absolute atomic E-state index is 0.349. The molecule has 0 bridgehead atoms. The first-order valence-electron chi connectivity index (χ1n) is 5.83. The quantitative estimate of drug-likeness (QED) is 0.506. The third kappa shape index (κ3) is 2.98. The van der Waals surface area contributed by atoms with E-state index in [1.54, 1.807) is 6.07 Å². The summed E-state index contributed by atoms with van der Waals surface area (Å²) in [5.41, 5.74) is 1.73. The predicted octanol–water partition coefficient (Wildman–Crippen LogP) is 2.39. The maximum absolute atomic E-state index is 10.2. The molecule has 1 aromatic heterocycles. The van der Waals surface area contributed by atoms with Crippen molar-refractivity contribution < 1.29 is 5.11 Å². The Labute approximate surface area is 116 Å². The van der Waals surface area contributed by atoms with Crippen LogP contribution in [0.1, 0.15) is 25.7 Å². The zero-order chi connectivity index (χ0) is 13.2. The van der Waals surface area contributed by atoms with Crippen LogP contribution in [0.15, 0.2) is 6.07 Å². The maximum Gasteiger partial charge on any atom is 0.161 e. The van der Waals surface area contributed by atoms with Gasteiger partial charge in [-0.25, -0.2) is 10.8 Å². The minimum atomic E-state index is -0.666. The lowest BCUT2D eigenvalue weighted by Gasteiger charge is -2.23. The van der Waals surface area contributed by atoms with Crippen LogP contribution in [0.5, 0.6) is 0 Å². The number of pyridine rings is 1. The van der Waals surface area contributed by atoms with E-state index in [0.717, 1.165) is 25.7 Å². The molecule has 5 N–H and O–H groups in total. The molecule has 1 heterocycles. The predicted molar refractivity (Wildman–Crippen MR) is 74.0 cm³/mol. The molecule has 1 aliphatic rings. The van der Waals surface area contributed by atoms with Crippen molar-refractivity contribution in [2.75, 3.05) is 17.3 Å². The molecule has 0 radical (unpaired) electrons. The molecule has 100 valence electrons. The van der Waals surface area contributed by atoms with Crippen LogP contribution in [0.2, 0.25) is 10.0 Å². The van der Waals surface area contributed by atoms with Gasteiger partial charge < -0.3 is 15.8 Å². The second-order valence-corrected chi connectivity index (χ2v) is 5.39. The highest BCUT2D eigenvalue weighted by atomic mass is 35.5. The smallest absolute Gasteiger partial charge is 0.161 e. The number of hydrogen-bond acceptors (Lipinski definition) is 5. The molecular formula is C11H16Cl2N4O. The van der Waals surface area contributed by atoms with Crippen LogP contribution in [0.3, 0.4) is 0 Å². The van der Waals surface area contributed by atoms with Crippen LogP contribution < -0.4 is 16.6 Å². The number of halogens is 2. The van der Waals surface area contributed by atoms with E-state index < -0.39 is 5.60 Å². The molecule has 0 spiro atoms. The summed E-state index contributed by atoms with van der Waals surface area (Å²) in [4.78, 5) is 4.16.